The van der Waals surface area contributed by atoms with Gasteiger partial charge in [-0.25, -0.2) is 9.97 Å². The van der Waals surface area contributed by atoms with Gasteiger partial charge in [-0.2, -0.15) is 0 Å². The van der Waals surface area contributed by atoms with Gasteiger partial charge >= 0.3 is 0 Å². The highest BCUT2D eigenvalue weighted by Crippen LogP contribution is 2.17. The van der Waals surface area contributed by atoms with Crippen LogP contribution in [0.15, 0.2) is 35.4 Å². The summed E-state index contributed by atoms with van der Waals surface area (Å²) in [6.07, 6.45) is 1.85. The lowest BCUT2D eigenvalue weighted by Gasteiger charge is -2.35. The van der Waals surface area contributed by atoms with Crippen LogP contribution in [0.1, 0.15) is 22.5 Å². The molecule has 4 rings (SSSR count). The Balaban J connectivity index is 1.38. The lowest BCUT2D eigenvalue weighted by atomic mass is 10.0. The lowest BCUT2D eigenvalue weighted by Crippen LogP contribution is -2.53. The molecule has 1 amide bonds. The molecule has 2 atom stereocenters. The summed E-state index contributed by atoms with van der Waals surface area (Å²) in [5.74, 6) is -0.172. The van der Waals surface area contributed by atoms with Gasteiger partial charge in [-0.1, -0.05) is 0 Å². The normalized spacial score (nSPS) is 21.2. The number of aliphatic hydroxyl groups is 1. The zero-order chi connectivity index (χ0) is 18.1. The maximum Gasteiger partial charge on any atom is 0.251 e. The number of carbonyl (C=O) groups is 1. The molecule has 1 aromatic carbocycles. The zero-order valence-corrected chi connectivity index (χ0v) is 15.3. The molecular weight excluding hydrogens is 350 g/mol. The summed E-state index contributed by atoms with van der Waals surface area (Å²) in [4.78, 5) is 23.3. The highest BCUT2D eigenvalue weighted by Gasteiger charge is 2.29. The molecule has 0 bridgehead atoms. The van der Waals surface area contributed by atoms with E-state index < -0.39 is 6.10 Å². The molecular formula is C18H21N5O2S. The summed E-state index contributed by atoms with van der Waals surface area (Å²) in [7, 11) is 1.92. The Kier molecular flexibility index (Phi) is 4.71. The average Bonchev–Trinajstić information content (AvgIpc) is 3.27. The van der Waals surface area contributed by atoms with E-state index in [9.17, 15) is 9.90 Å². The number of thiazole rings is 1. The van der Waals surface area contributed by atoms with Gasteiger partial charge in [-0.15, -0.1) is 11.3 Å². The van der Waals surface area contributed by atoms with Crippen molar-refractivity contribution in [2.75, 3.05) is 13.1 Å². The number of fused-ring (bicyclic) bond motifs is 1. The van der Waals surface area contributed by atoms with Crippen LogP contribution in [-0.4, -0.2) is 55.7 Å². The first kappa shape index (κ1) is 17.1. The van der Waals surface area contributed by atoms with Crippen molar-refractivity contribution in [3.63, 3.8) is 0 Å². The molecule has 0 spiro atoms. The summed E-state index contributed by atoms with van der Waals surface area (Å²) in [6.45, 7) is 2.08. The SMILES string of the molecule is Cn1cnc2cc(C(=O)N[C@@H]3CCN(Cc4cscn4)C[C@H]3O)ccc21. The van der Waals surface area contributed by atoms with Gasteiger partial charge in [0, 0.05) is 37.6 Å². The maximum atomic E-state index is 12.6. The van der Waals surface area contributed by atoms with E-state index >= 15 is 0 Å². The van der Waals surface area contributed by atoms with Crippen molar-refractivity contribution in [1.82, 2.24) is 24.8 Å². The predicted octanol–water partition coefficient (Wildman–Crippen LogP) is 1.39. The van der Waals surface area contributed by atoms with Gasteiger partial charge in [0.05, 0.1) is 40.7 Å². The molecule has 3 aromatic rings. The van der Waals surface area contributed by atoms with Crippen molar-refractivity contribution in [2.45, 2.75) is 25.1 Å². The Morgan fingerprint density at radius 1 is 1.42 bits per heavy atom. The number of piperidine rings is 1. The number of aromatic nitrogens is 3. The molecule has 1 aliphatic rings. The third-order valence-corrected chi connectivity index (χ3v) is 5.47. The van der Waals surface area contributed by atoms with Crippen LogP contribution in [0.25, 0.3) is 11.0 Å². The number of carbonyl (C=O) groups excluding carboxylic acids is 1. The summed E-state index contributed by atoms with van der Waals surface area (Å²) < 4.78 is 1.92. The number of nitrogens with one attached hydrogen (secondary N) is 1. The second-order valence-electron chi connectivity index (χ2n) is 6.71. The fourth-order valence-corrected chi connectivity index (χ4v) is 3.93. The Morgan fingerprint density at radius 3 is 3.08 bits per heavy atom. The molecule has 1 aliphatic heterocycles. The van der Waals surface area contributed by atoms with Crippen LogP contribution in [0.4, 0.5) is 0 Å². The molecule has 0 unspecified atom stereocenters. The number of imidazole rings is 1. The molecule has 2 N–H and O–H groups in total. The predicted molar refractivity (Wildman–Crippen MR) is 100.0 cm³/mol. The number of aryl methyl sites for hydroxylation is 1. The van der Waals surface area contributed by atoms with Crippen LogP contribution in [-0.2, 0) is 13.6 Å². The number of nitrogens with zero attached hydrogens (tertiary/aromatic N) is 4. The zero-order valence-electron chi connectivity index (χ0n) is 14.5. The number of rotatable bonds is 4. The van der Waals surface area contributed by atoms with Crippen molar-refractivity contribution in [3.8, 4) is 0 Å². The van der Waals surface area contributed by atoms with Gasteiger partial charge in [-0.05, 0) is 24.6 Å². The summed E-state index contributed by atoms with van der Waals surface area (Å²) in [5.41, 5.74) is 5.18. The summed E-state index contributed by atoms with van der Waals surface area (Å²) in [6, 6.07) is 5.23. The van der Waals surface area contributed by atoms with Gasteiger partial charge in [0.2, 0.25) is 0 Å². The largest absolute Gasteiger partial charge is 0.390 e. The summed E-state index contributed by atoms with van der Waals surface area (Å²) >= 11 is 1.57. The quantitative estimate of drug-likeness (QED) is 0.724. The van der Waals surface area contributed by atoms with Crippen LogP contribution >= 0.6 is 11.3 Å². The molecule has 136 valence electrons. The first-order valence-electron chi connectivity index (χ1n) is 8.59. The highest BCUT2D eigenvalue weighted by molar-refractivity contribution is 7.07. The van der Waals surface area contributed by atoms with Crippen molar-refractivity contribution < 1.29 is 9.90 Å². The van der Waals surface area contributed by atoms with E-state index in [0.717, 1.165) is 29.8 Å². The Morgan fingerprint density at radius 2 is 2.31 bits per heavy atom. The van der Waals surface area contributed by atoms with Crippen molar-refractivity contribution >= 4 is 28.3 Å². The molecule has 0 saturated carbocycles. The number of aliphatic hydroxyl groups excluding tert-OH is 1. The van der Waals surface area contributed by atoms with Gasteiger partial charge in [0.1, 0.15) is 0 Å². The molecule has 8 heteroatoms. The Labute approximate surface area is 155 Å². The minimum Gasteiger partial charge on any atom is -0.390 e. The highest BCUT2D eigenvalue weighted by atomic mass is 32.1. The van der Waals surface area contributed by atoms with Crippen molar-refractivity contribution in [1.29, 1.82) is 0 Å². The van der Waals surface area contributed by atoms with E-state index in [1.807, 2.05) is 28.6 Å². The van der Waals surface area contributed by atoms with Gasteiger partial charge in [-0.3, -0.25) is 9.69 Å². The molecule has 26 heavy (non-hydrogen) atoms. The topological polar surface area (TPSA) is 83.3 Å². The van der Waals surface area contributed by atoms with E-state index in [-0.39, 0.29) is 11.9 Å². The van der Waals surface area contributed by atoms with Crippen molar-refractivity contribution in [3.05, 3.63) is 46.7 Å². The molecule has 2 aromatic heterocycles. The molecule has 0 radical (unpaired) electrons. The van der Waals surface area contributed by atoms with E-state index in [1.54, 1.807) is 29.8 Å². The molecule has 7 nitrogen and oxygen atoms in total. The standard InChI is InChI=1S/C18H21N5O2S/c1-22-10-19-15-6-12(2-3-16(15)22)18(25)21-14-4-5-23(8-17(14)24)7-13-9-26-11-20-13/h2-3,6,9-11,14,17,24H,4-5,7-8H2,1H3,(H,21,25)/t14-,17-/m1/s1. The molecule has 0 aliphatic carbocycles. The molecule has 1 saturated heterocycles. The fourth-order valence-electron chi connectivity index (χ4n) is 3.38. The second kappa shape index (κ2) is 7.14. The number of hydrogen-bond donors (Lipinski definition) is 2. The molecule has 3 heterocycles. The van der Waals surface area contributed by atoms with E-state index in [4.69, 9.17) is 0 Å². The molecule has 1 fully saturated rings. The lowest BCUT2D eigenvalue weighted by molar-refractivity contribution is 0.0346. The average molecular weight is 371 g/mol. The maximum absolute atomic E-state index is 12.6. The second-order valence-corrected chi connectivity index (χ2v) is 7.43. The van der Waals surface area contributed by atoms with Crippen LogP contribution in [0, 0.1) is 0 Å². The van der Waals surface area contributed by atoms with Crippen LogP contribution in [0.5, 0.6) is 0 Å². The third-order valence-electron chi connectivity index (χ3n) is 4.84. The van der Waals surface area contributed by atoms with E-state index in [2.05, 4.69) is 20.2 Å². The van der Waals surface area contributed by atoms with Gasteiger partial charge in [0.25, 0.3) is 5.91 Å². The van der Waals surface area contributed by atoms with Crippen molar-refractivity contribution in [2.24, 2.45) is 7.05 Å². The number of β-amino-alcohol motifs (C(OH)–C–C–N with tert-alkyl or cyclic N) is 1. The number of likely N-dealkylation sites (tertiary alicyclic amines) is 1. The van der Waals surface area contributed by atoms with Gasteiger partial charge < -0.3 is 15.0 Å². The van der Waals surface area contributed by atoms with Crippen LogP contribution in [0.3, 0.4) is 0 Å². The number of benzene rings is 1. The monoisotopic (exact) mass is 371 g/mol. The van der Waals surface area contributed by atoms with E-state index in [0.29, 0.717) is 18.5 Å². The first-order valence-corrected chi connectivity index (χ1v) is 9.54. The number of amides is 1. The smallest absolute Gasteiger partial charge is 0.251 e. The Hall–Kier alpha value is -2.29. The summed E-state index contributed by atoms with van der Waals surface area (Å²) in [5, 5.41) is 15.4. The number of hydrogen-bond acceptors (Lipinski definition) is 6. The van der Waals surface area contributed by atoms with E-state index in [1.165, 1.54) is 0 Å². The first-order chi connectivity index (χ1) is 12.6. The van der Waals surface area contributed by atoms with Gasteiger partial charge in [0.15, 0.2) is 0 Å². The van der Waals surface area contributed by atoms with Crippen LogP contribution in [0.2, 0.25) is 0 Å². The third kappa shape index (κ3) is 3.48. The fraction of sp³-hybridized carbons (Fsp3) is 0.389. The Bertz CT molecular complexity index is 908. The van der Waals surface area contributed by atoms with Crippen LogP contribution < -0.4 is 5.32 Å². The minimum absolute atomic E-state index is 0.172. The minimum atomic E-state index is -0.593.